The lowest BCUT2D eigenvalue weighted by Crippen LogP contribution is -2.01. The Morgan fingerprint density at radius 1 is 1.36 bits per heavy atom. The maximum Gasteiger partial charge on any atom is 0.284 e. The van der Waals surface area contributed by atoms with Gasteiger partial charge in [-0.1, -0.05) is 0 Å². The third-order valence-corrected chi connectivity index (χ3v) is 5.13. The zero-order valence-corrected chi connectivity index (χ0v) is 13.8. The Bertz CT molecular complexity index is 830. The SMILES string of the molecule is CCn1c(C)nnc1Sc1ccc(S(C)(=O)=O)cc1[N+](=O)[O-]. The van der Waals surface area contributed by atoms with Gasteiger partial charge in [0, 0.05) is 18.9 Å². The van der Waals surface area contributed by atoms with Gasteiger partial charge in [-0.25, -0.2) is 8.42 Å². The van der Waals surface area contributed by atoms with E-state index >= 15 is 0 Å². The van der Waals surface area contributed by atoms with E-state index in [1.165, 1.54) is 12.1 Å². The predicted molar refractivity (Wildman–Crippen MR) is 80.8 cm³/mol. The van der Waals surface area contributed by atoms with Crippen LogP contribution in [0.3, 0.4) is 0 Å². The van der Waals surface area contributed by atoms with Gasteiger partial charge >= 0.3 is 0 Å². The Kier molecular flexibility index (Phi) is 4.52. The number of nitrogens with zero attached hydrogens (tertiary/aromatic N) is 4. The van der Waals surface area contributed by atoms with Crippen LogP contribution >= 0.6 is 11.8 Å². The number of aryl methyl sites for hydroxylation is 1. The van der Waals surface area contributed by atoms with E-state index < -0.39 is 14.8 Å². The van der Waals surface area contributed by atoms with E-state index in [1.807, 2.05) is 11.5 Å². The van der Waals surface area contributed by atoms with E-state index in [9.17, 15) is 18.5 Å². The molecule has 0 fully saturated rings. The van der Waals surface area contributed by atoms with Crippen molar-refractivity contribution in [3.63, 3.8) is 0 Å². The van der Waals surface area contributed by atoms with Gasteiger partial charge in [-0.05, 0) is 37.7 Å². The van der Waals surface area contributed by atoms with Crippen LogP contribution in [0.25, 0.3) is 0 Å². The lowest BCUT2D eigenvalue weighted by Gasteiger charge is -2.06. The normalized spacial score (nSPS) is 11.6. The molecule has 0 aliphatic rings. The van der Waals surface area contributed by atoms with Crippen molar-refractivity contribution in [1.29, 1.82) is 0 Å². The van der Waals surface area contributed by atoms with Crippen LogP contribution < -0.4 is 0 Å². The highest BCUT2D eigenvalue weighted by Gasteiger charge is 2.21. The minimum absolute atomic E-state index is 0.0864. The van der Waals surface area contributed by atoms with Gasteiger partial charge in [0.2, 0.25) is 0 Å². The predicted octanol–water partition coefficient (Wildman–Crippen LogP) is 2.07. The second kappa shape index (κ2) is 6.05. The van der Waals surface area contributed by atoms with Gasteiger partial charge in [-0.2, -0.15) is 0 Å². The van der Waals surface area contributed by atoms with Gasteiger partial charge in [-0.3, -0.25) is 10.1 Å². The minimum Gasteiger partial charge on any atom is -0.306 e. The van der Waals surface area contributed by atoms with E-state index in [1.54, 1.807) is 6.92 Å². The van der Waals surface area contributed by atoms with Crippen LogP contribution in [0.4, 0.5) is 5.69 Å². The Hall–Kier alpha value is -1.94. The first kappa shape index (κ1) is 16.4. The van der Waals surface area contributed by atoms with E-state index in [0.717, 1.165) is 24.1 Å². The molecule has 118 valence electrons. The molecule has 0 aliphatic carbocycles. The monoisotopic (exact) mass is 342 g/mol. The number of hydrogen-bond donors (Lipinski definition) is 0. The first-order valence-electron chi connectivity index (χ1n) is 6.30. The number of benzene rings is 1. The molecule has 0 unspecified atom stereocenters. The van der Waals surface area contributed by atoms with Crippen molar-refractivity contribution in [1.82, 2.24) is 14.8 Å². The summed E-state index contributed by atoms with van der Waals surface area (Å²) < 4.78 is 24.9. The highest BCUT2D eigenvalue weighted by Crippen LogP contribution is 2.35. The van der Waals surface area contributed by atoms with Gasteiger partial charge in [-0.15, -0.1) is 10.2 Å². The van der Waals surface area contributed by atoms with Gasteiger partial charge in [0.25, 0.3) is 5.69 Å². The van der Waals surface area contributed by atoms with Crippen molar-refractivity contribution in [3.05, 3.63) is 34.1 Å². The number of aromatic nitrogens is 3. The fourth-order valence-corrected chi connectivity index (χ4v) is 3.52. The van der Waals surface area contributed by atoms with Crippen LogP contribution in [0.2, 0.25) is 0 Å². The second-order valence-electron chi connectivity index (χ2n) is 4.53. The third kappa shape index (κ3) is 3.28. The fraction of sp³-hybridized carbons (Fsp3) is 0.333. The molecule has 0 bridgehead atoms. The largest absolute Gasteiger partial charge is 0.306 e. The van der Waals surface area contributed by atoms with Crippen LogP contribution in [0.5, 0.6) is 0 Å². The summed E-state index contributed by atoms with van der Waals surface area (Å²) in [5.74, 6) is 0.709. The number of sulfone groups is 1. The highest BCUT2D eigenvalue weighted by molar-refractivity contribution is 7.99. The number of rotatable bonds is 5. The van der Waals surface area contributed by atoms with Gasteiger partial charge in [0.1, 0.15) is 5.82 Å². The molecular weight excluding hydrogens is 328 g/mol. The summed E-state index contributed by atoms with van der Waals surface area (Å²) in [5, 5.41) is 19.7. The Balaban J connectivity index is 2.49. The highest BCUT2D eigenvalue weighted by atomic mass is 32.2. The molecule has 1 heterocycles. The van der Waals surface area contributed by atoms with Crippen LogP contribution in [0.1, 0.15) is 12.7 Å². The van der Waals surface area contributed by atoms with Crippen molar-refractivity contribution in [2.75, 3.05) is 6.26 Å². The molecule has 0 atom stereocenters. The molecule has 0 saturated heterocycles. The van der Waals surface area contributed by atoms with Crippen molar-refractivity contribution in [2.45, 2.75) is 35.3 Å². The quantitative estimate of drug-likeness (QED) is 0.604. The summed E-state index contributed by atoms with van der Waals surface area (Å²) >= 11 is 1.09. The van der Waals surface area contributed by atoms with Crippen LogP contribution in [-0.2, 0) is 16.4 Å². The number of hydrogen-bond acceptors (Lipinski definition) is 7. The molecule has 0 aliphatic heterocycles. The summed E-state index contributed by atoms with van der Waals surface area (Å²) in [6, 6.07) is 3.84. The van der Waals surface area contributed by atoms with Crippen molar-refractivity contribution < 1.29 is 13.3 Å². The van der Waals surface area contributed by atoms with Crippen molar-refractivity contribution in [3.8, 4) is 0 Å². The number of nitro groups is 1. The van der Waals surface area contributed by atoms with Crippen LogP contribution in [-0.4, -0.2) is 34.4 Å². The fourth-order valence-electron chi connectivity index (χ4n) is 1.86. The van der Waals surface area contributed by atoms with Gasteiger partial charge in [0.15, 0.2) is 15.0 Å². The molecule has 0 radical (unpaired) electrons. The van der Waals surface area contributed by atoms with Gasteiger partial charge in [0.05, 0.1) is 14.7 Å². The Morgan fingerprint density at radius 2 is 2.05 bits per heavy atom. The lowest BCUT2D eigenvalue weighted by atomic mass is 10.3. The minimum atomic E-state index is -3.50. The summed E-state index contributed by atoms with van der Waals surface area (Å²) in [5.41, 5.74) is -0.267. The standard InChI is InChI=1S/C12H14N4O4S2/c1-4-15-8(2)13-14-12(15)21-11-6-5-9(22(3,19)20)7-10(11)16(17)18/h5-7H,4H2,1-3H3. The first-order chi connectivity index (χ1) is 10.2. The summed E-state index contributed by atoms with van der Waals surface area (Å²) in [6.45, 7) is 4.35. The molecule has 10 heteroatoms. The Labute approximate surface area is 131 Å². The summed E-state index contributed by atoms with van der Waals surface area (Å²) in [4.78, 5) is 10.8. The molecule has 0 amide bonds. The third-order valence-electron chi connectivity index (χ3n) is 2.97. The van der Waals surface area contributed by atoms with Crippen LogP contribution in [0.15, 0.2) is 33.1 Å². The van der Waals surface area contributed by atoms with Crippen LogP contribution in [0, 0.1) is 17.0 Å². The summed E-state index contributed by atoms with van der Waals surface area (Å²) in [7, 11) is -3.50. The molecule has 2 rings (SSSR count). The molecular formula is C12H14N4O4S2. The molecule has 22 heavy (non-hydrogen) atoms. The van der Waals surface area contributed by atoms with E-state index in [2.05, 4.69) is 10.2 Å². The molecule has 1 aromatic heterocycles. The molecule has 2 aromatic rings. The topological polar surface area (TPSA) is 108 Å². The van der Waals surface area contributed by atoms with E-state index in [0.29, 0.717) is 22.4 Å². The lowest BCUT2D eigenvalue weighted by molar-refractivity contribution is -0.388. The molecule has 0 saturated carbocycles. The van der Waals surface area contributed by atoms with Crippen molar-refractivity contribution in [2.24, 2.45) is 0 Å². The molecule has 8 nitrogen and oxygen atoms in total. The molecule has 1 aromatic carbocycles. The second-order valence-corrected chi connectivity index (χ2v) is 7.56. The van der Waals surface area contributed by atoms with Gasteiger partial charge < -0.3 is 4.57 Å². The Morgan fingerprint density at radius 3 is 2.59 bits per heavy atom. The maximum atomic E-state index is 11.5. The number of nitro benzene ring substituents is 1. The molecule has 0 N–H and O–H groups in total. The van der Waals surface area contributed by atoms with E-state index in [-0.39, 0.29) is 10.6 Å². The van der Waals surface area contributed by atoms with Crippen molar-refractivity contribution >= 4 is 27.3 Å². The smallest absolute Gasteiger partial charge is 0.284 e. The maximum absolute atomic E-state index is 11.5. The average molecular weight is 342 g/mol. The van der Waals surface area contributed by atoms with E-state index in [4.69, 9.17) is 0 Å². The first-order valence-corrected chi connectivity index (χ1v) is 9.01. The zero-order chi connectivity index (χ0) is 16.5. The summed E-state index contributed by atoms with van der Waals surface area (Å²) in [6.07, 6.45) is 1.01. The molecule has 0 spiro atoms. The zero-order valence-electron chi connectivity index (χ0n) is 12.2. The average Bonchev–Trinajstić information content (AvgIpc) is 2.78.